The number of nitrogens with one attached hydrogen (secondary N) is 3. The zero-order valence-corrected chi connectivity index (χ0v) is 95.6. The zero-order chi connectivity index (χ0) is 104. The van der Waals surface area contributed by atoms with Crippen LogP contribution in [0.2, 0.25) is 0 Å². The molecule has 782 valence electrons. The molecule has 6 atom stereocenters. The van der Waals surface area contributed by atoms with Gasteiger partial charge in [-0.3, -0.25) is 38.9 Å². The first-order valence-electron chi connectivity index (χ1n) is 52.9. The number of rotatable bonds is 39. The van der Waals surface area contributed by atoms with E-state index in [1.165, 1.54) is 83.5 Å². The van der Waals surface area contributed by atoms with E-state index in [9.17, 15) is 32.4 Å². The van der Waals surface area contributed by atoms with Crippen LogP contribution >= 0.6 is 0 Å². The lowest BCUT2D eigenvalue weighted by atomic mass is 9.76. The summed E-state index contributed by atoms with van der Waals surface area (Å²) in [7, 11) is -0.807. The molecule has 1 aromatic carbocycles. The van der Waals surface area contributed by atoms with Gasteiger partial charge in [-0.05, 0) is 204 Å². The number of amides is 4. The Morgan fingerprint density at radius 2 is 0.625 bits per heavy atom. The van der Waals surface area contributed by atoms with Gasteiger partial charge in [0.05, 0.1) is 41.1 Å². The maximum absolute atomic E-state index is 13.0. The predicted molar refractivity (Wildman–Crippen MR) is 579 cm³/mol. The van der Waals surface area contributed by atoms with Gasteiger partial charge in [-0.2, -0.15) is 0 Å². The minimum absolute atomic E-state index is 0.00248. The number of carbonyl (C=O) groups is 5. The number of aromatic nitrogens is 3. The second kappa shape index (κ2) is 60.4. The second-order valence-electron chi connectivity index (χ2n) is 53.7. The van der Waals surface area contributed by atoms with Gasteiger partial charge in [-0.15, -0.1) is 0 Å². The molecule has 3 aromatic heterocycles. The highest BCUT2D eigenvalue weighted by atomic mass is 32.2. The fraction of sp³-hybridized carbons (Fsp3) is 0.780. The Balaban J connectivity index is 0.000000816. The SMILES string of the molecule is CC(C)(C)CCCCC(C(=O)N1CCS(=O)(=O)CC1)C(C)(C)C.CC(C)(C)CCCCC(C(=O)NCc1ccccc1)C(C)(C)C.CC(C)(C)CCCCC(C(=O)NCc1ccccn1)C(C)(C)C.CC(C)(C)CCCCC(C(=O)OCc1ccccn1)C(C)(C)C.CC(C)(C)CCCCC(CNCc1ccccn1)C(C)(C)C.CN1CCN(C(=O)C(CCCCC(C)(C)C)C(C)(C)C)CC1. The summed E-state index contributed by atoms with van der Waals surface area (Å²) in [5.41, 5.74) is 6.53. The van der Waals surface area contributed by atoms with Crippen LogP contribution in [0.4, 0.5) is 0 Å². The van der Waals surface area contributed by atoms with E-state index in [0.717, 1.165) is 138 Å². The van der Waals surface area contributed by atoms with Crippen molar-refractivity contribution >= 4 is 39.4 Å². The molecule has 136 heavy (non-hydrogen) atoms. The molecule has 0 radical (unpaired) electrons. The monoisotopic (exact) mass is 1910 g/mol. The highest BCUT2D eigenvalue weighted by molar-refractivity contribution is 7.91. The van der Waals surface area contributed by atoms with Crippen molar-refractivity contribution in [2.24, 2.45) is 100 Å². The van der Waals surface area contributed by atoms with Gasteiger partial charge in [0, 0.05) is 94.6 Å². The lowest BCUT2D eigenvalue weighted by Crippen LogP contribution is -2.50. The van der Waals surface area contributed by atoms with E-state index in [2.05, 4.69) is 321 Å². The molecule has 0 aliphatic carbocycles. The Morgan fingerprint density at radius 1 is 0.331 bits per heavy atom. The molecular formula is C118H211N9O8S. The van der Waals surface area contributed by atoms with E-state index in [1.54, 1.807) is 17.3 Å². The van der Waals surface area contributed by atoms with Crippen LogP contribution in [-0.2, 0) is 64.8 Å². The average Bonchev–Trinajstić information content (AvgIpc) is 0.815. The second-order valence-corrected chi connectivity index (χ2v) is 56.0. The van der Waals surface area contributed by atoms with Crippen molar-refractivity contribution in [2.45, 2.75) is 430 Å². The topological polar surface area (TPSA) is 213 Å². The van der Waals surface area contributed by atoms with Gasteiger partial charge in [-0.1, -0.05) is 375 Å². The van der Waals surface area contributed by atoms with Crippen LogP contribution in [0.5, 0.6) is 0 Å². The quantitative estimate of drug-likeness (QED) is 0.0280. The molecule has 0 spiro atoms. The van der Waals surface area contributed by atoms with Gasteiger partial charge in [-0.25, -0.2) is 8.42 Å². The molecule has 3 N–H and O–H groups in total. The van der Waals surface area contributed by atoms with Crippen molar-refractivity contribution < 1.29 is 37.1 Å². The third-order valence-electron chi connectivity index (χ3n) is 26.5. The van der Waals surface area contributed by atoms with Crippen LogP contribution in [0.25, 0.3) is 0 Å². The lowest BCUT2D eigenvalue weighted by Gasteiger charge is -2.38. The summed E-state index contributed by atoms with van der Waals surface area (Å²) in [6, 6.07) is 27.6. The number of nitrogens with zero attached hydrogens (tertiary/aromatic N) is 6. The number of benzene rings is 1. The zero-order valence-electron chi connectivity index (χ0n) is 94.8. The van der Waals surface area contributed by atoms with Crippen molar-refractivity contribution in [2.75, 3.05) is 64.4 Å². The average molecular weight is 1920 g/mol. The normalized spacial score (nSPS) is 15.8. The van der Waals surface area contributed by atoms with Gasteiger partial charge in [0.25, 0.3) is 0 Å². The summed E-state index contributed by atoms with van der Waals surface area (Å²) in [4.78, 5) is 82.6. The summed E-state index contributed by atoms with van der Waals surface area (Å²) >= 11 is 0. The maximum atomic E-state index is 13.0. The molecule has 17 nitrogen and oxygen atoms in total. The number of piperazine rings is 1. The van der Waals surface area contributed by atoms with Crippen LogP contribution in [0.15, 0.2) is 104 Å². The molecule has 2 fully saturated rings. The molecule has 2 saturated heterocycles. The number of likely N-dealkylation sites (N-methyl/N-ethyl adjacent to an activating group) is 1. The van der Waals surface area contributed by atoms with Gasteiger partial charge in [0.15, 0.2) is 9.84 Å². The Kier molecular flexibility index (Phi) is 56.8. The van der Waals surface area contributed by atoms with Crippen molar-refractivity contribution in [1.29, 1.82) is 0 Å². The predicted octanol–water partition coefficient (Wildman–Crippen LogP) is 28.9. The molecule has 18 heteroatoms. The third-order valence-corrected chi connectivity index (χ3v) is 28.1. The molecule has 5 heterocycles. The van der Waals surface area contributed by atoms with E-state index in [1.807, 2.05) is 66.9 Å². The van der Waals surface area contributed by atoms with E-state index >= 15 is 0 Å². The van der Waals surface area contributed by atoms with Crippen LogP contribution < -0.4 is 16.0 Å². The number of sulfone groups is 1. The van der Waals surface area contributed by atoms with E-state index < -0.39 is 9.84 Å². The largest absolute Gasteiger partial charge is 0.459 e. The Labute approximate surface area is 837 Å². The fourth-order valence-corrected chi connectivity index (χ4v) is 18.5. The Hall–Kier alpha value is -6.11. The number of ether oxygens (including phenoxy) is 1. The third kappa shape index (κ3) is 62.9. The van der Waals surface area contributed by atoms with E-state index in [0.29, 0.717) is 70.0 Å². The molecule has 0 saturated carbocycles. The van der Waals surface area contributed by atoms with Crippen molar-refractivity contribution in [3.05, 3.63) is 126 Å². The van der Waals surface area contributed by atoms with Crippen molar-refractivity contribution in [3.63, 3.8) is 0 Å². The van der Waals surface area contributed by atoms with E-state index in [-0.39, 0.29) is 98.5 Å². The molecule has 6 rings (SSSR count). The molecule has 0 bridgehead atoms. The standard InChI is InChI=1S/C21H35NO.C20H34N2O.C20H36N2.C20H33NO2.C19H38N2O.C18H35NO3S/c1-20(2,3)15-11-10-14-18(21(4,5)6)19(23)22-16-17-12-8-7-9-13-17;1-19(2,3)13-9-7-12-17(20(4,5)6)18(23)22-15-16-11-8-10-14-21-16;1-19(2,3)13-9-7-11-17(20(4,5)6)15-21-16-18-12-8-10-14-22-18;1-19(2,3)13-9-7-12-17(20(4,5)6)18(22)23-15-16-11-8-10-14-21-16;1-18(2,3)11-9-8-10-16(19(4,5)6)17(22)21-14-12-20(7)13-15-21;1-17(2,3)10-8-7-9-15(18(4,5)6)16(20)19-11-13-23(21,22)14-12-19/h7-9,12-13,18H,10-11,14-16H2,1-6H3,(H,22,23);8,10-11,14,17H,7,9,12-13,15H2,1-6H3,(H,22,23);8,10,12,14,17,21H,7,9,11,13,15-16H2,1-6H3;8,10-11,14,17H,7,9,12-13,15H2,1-6H3;16H,8-15H2,1-7H3;15H,7-14H2,1-6H3. The molecule has 2 aliphatic heterocycles. The number of hydrogen-bond donors (Lipinski definition) is 3. The lowest BCUT2D eigenvalue weighted by molar-refractivity contribution is -0.154. The molecular weight excluding hydrogens is 1700 g/mol. The van der Waals surface area contributed by atoms with Gasteiger partial charge < -0.3 is 35.4 Å². The van der Waals surface area contributed by atoms with Crippen LogP contribution in [0.1, 0.15) is 426 Å². The van der Waals surface area contributed by atoms with Crippen LogP contribution in [0, 0.1) is 100 Å². The number of esters is 1. The summed E-state index contributed by atoms with van der Waals surface area (Å²) < 4.78 is 28.6. The van der Waals surface area contributed by atoms with Crippen LogP contribution in [-0.4, -0.2) is 132 Å². The molecule has 4 aromatic rings. The number of hydrogen-bond acceptors (Lipinski definition) is 13. The summed E-state index contributed by atoms with van der Waals surface area (Å²) in [5.74, 6) is 1.91. The van der Waals surface area contributed by atoms with Gasteiger partial charge >= 0.3 is 5.97 Å². The minimum Gasteiger partial charge on any atom is -0.459 e. The van der Waals surface area contributed by atoms with Gasteiger partial charge in [0.1, 0.15) is 6.61 Å². The minimum atomic E-state index is -2.94. The van der Waals surface area contributed by atoms with Gasteiger partial charge in [0.2, 0.25) is 23.6 Å². The summed E-state index contributed by atoms with van der Waals surface area (Å²) in [6.45, 7) is 88.3. The first-order chi connectivity index (χ1) is 62.3. The molecule has 2 aliphatic rings. The Bertz CT molecular complexity index is 3760. The molecule has 4 amide bonds. The number of pyridine rings is 3. The molecule has 6 unspecified atom stereocenters. The fourth-order valence-electron chi connectivity index (χ4n) is 17.3. The van der Waals surface area contributed by atoms with Crippen LogP contribution in [0.3, 0.4) is 0 Å². The smallest absolute Gasteiger partial charge is 0.309 e. The van der Waals surface area contributed by atoms with Crippen molar-refractivity contribution in [1.82, 2.24) is 45.6 Å². The highest BCUT2D eigenvalue weighted by Gasteiger charge is 2.40. The number of unbranched alkanes of at least 4 members (excludes halogenated alkanes) is 6. The van der Waals surface area contributed by atoms with Crippen molar-refractivity contribution in [3.8, 4) is 0 Å². The summed E-state index contributed by atoms with van der Waals surface area (Å²) in [6.07, 6.45) is 32.8. The number of carbonyl (C=O) groups excluding carboxylic acids is 5. The maximum Gasteiger partial charge on any atom is 0.309 e. The first kappa shape index (κ1) is 128. The first-order valence-corrected chi connectivity index (χ1v) is 54.7. The Morgan fingerprint density at radius 3 is 0.941 bits per heavy atom. The highest BCUT2D eigenvalue weighted by Crippen LogP contribution is 2.40. The van der Waals surface area contributed by atoms with E-state index in [4.69, 9.17) is 4.74 Å². The summed E-state index contributed by atoms with van der Waals surface area (Å²) in [5, 5.41) is 9.79.